The lowest BCUT2D eigenvalue weighted by Gasteiger charge is -2.23. The second-order valence-electron chi connectivity index (χ2n) is 4.65. The summed E-state index contributed by atoms with van der Waals surface area (Å²) in [5.41, 5.74) is 7.33. The molecule has 21 heavy (non-hydrogen) atoms. The number of halogens is 2. The van der Waals surface area contributed by atoms with E-state index in [2.05, 4.69) is 0 Å². The highest BCUT2D eigenvalue weighted by Gasteiger charge is 2.19. The largest absolute Gasteiger partial charge is 0.478 e. The lowest BCUT2D eigenvalue weighted by molar-refractivity contribution is 0.0697. The third-order valence-electron chi connectivity index (χ3n) is 3.06. The second kappa shape index (κ2) is 6.24. The molecule has 0 unspecified atom stereocenters. The normalized spacial score (nSPS) is 10.4. The zero-order chi connectivity index (χ0) is 15.6. The van der Waals surface area contributed by atoms with Crippen molar-refractivity contribution in [1.82, 2.24) is 0 Å². The Bertz CT molecular complexity index is 689. The summed E-state index contributed by atoms with van der Waals surface area (Å²) >= 11 is 12.3. The van der Waals surface area contributed by atoms with E-state index in [1.807, 2.05) is 18.2 Å². The summed E-state index contributed by atoms with van der Waals surface area (Å²) < 4.78 is 0. The molecule has 0 amide bonds. The molecule has 0 heterocycles. The molecule has 0 saturated heterocycles. The number of nitrogen functional groups attached to an aromatic ring is 1. The maximum Gasteiger partial charge on any atom is 0.337 e. The molecular formula is C15H14Cl2N2O2. The number of benzene rings is 2. The van der Waals surface area contributed by atoms with E-state index in [1.54, 1.807) is 18.0 Å². The van der Waals surface area contributed by atoms with E-state index < -0.39 is 5.97 Å². The zero-order valence-corrected chi connectivity index (χ0v) is 12.8. The van der Waals surface area contributed by atoms with Crippen LogP contribution in [0.2, 0.25) is 10.0 Å². The summed E-state index contributed by atoms with van der Waals surface area (Å²) in [6.07, 6.45) is 0. The molecule has 0 saturated carbocycles. The van der Waals surface area contributed by atoms with Gasteiger partial charge in [0.05, 0.1) is 16.3 Å². The van der Waals surface area contributed by atoms with Gasteiger partial charge in [0, 0.05) is 24.3 Å². The Labute approximate surface area is 132 Å². The van der Waals surface area contributed by atoms with Gasteiger partial charge in [0.1, 0.15) is 0 Å². The van der Waals surface area contributed by atoms with Crippen LogP contribution in [0.15, 0.2) is 36.4 Å². The fraction of sp³-hybridized carbons (Fsp3) is 0.133. The van der Waals surface area contributed by atoms with Crippen molar-refractivity contribution in [2.24, 2.45) is 0 Å². The van der Waals surface area contributed by atoms with Crippen LogP contribution in [0.5, 0.6) is 0 Å². The molecule has 3 N–H and O–H groups in total. The molecule has 0 aliphatic carbocycles. The average molecular weight is 325 g/mol. The number of hydrogen-bond acceptors (Lipinski definition) is 3. The van der Waals surface area contributed by atoms with Crippen molar-refractivity contribution >= 4 is 40.5 Å². The first-order chi connectivity index (χ1) is 9.90. The van der Waals surface area contributed by atoms with Crippen molar-refractivity contribution in [3.8, 4) is 0 Å². The molecule has 0 aliphatic heterocycles. The predicted molar refractivity (Wildman–Crippen MR) is 86.4 cm³/mol. The molecule has 110 valence electrons. The Hall–Kier alpha value is -1.91. The molecule has 0 spiro atoms. The van der Waals surface area contributed by atoms with Crippen LogP contribution in [0.4, 0.5) is 11.4 Å². The molecule has 0 radical (unpaired) electrons. The number of aromatic carboxylic acids is 1. The van der Waals surface area contributed by atoms with Gasteiger partial charge in [0.25, 0.3) is 0 Å². The summed E-state index contributed by atoms with van der Waals surface area (Å²) in [5, 5.41) is 10.2. The third-order valence-corrected chi connectivity index (χ3v) is 3.72. The molecule has 0 aromatic heterocycles. The van der Waals surface area contributed by atoms with Gasteiger partial charge >= 0.3 is 5.97 Å². The standard InChI is InChI=1S/C15H14Cl2N2O2/c1-19(8-9-4-2-3-5-12(9)16)14-11(15(20)21)6-10(18)7-13(14)17/h2-7H,8,18H2,1H3,(H,20,21). The maximum atomic E-state index is 11.4. The average Bonchev–Trinajstić information content (AvgIpc) is 2.40. The van der Waals surface area contributed by atoms with Gasteiger partial charge in [-0.15, -0.1) is 0 Å². The highest BCUT2D eigenvalue weighted by atomic mass is 35.5. The summed E-state index contributed by atoms with van der Waals surface area (Å²) in [4.78, 5) is 13.1. The number of carboxylic acids is 1. The summed E-state index contributed by atoms with van der Waals surface area (Å²) in [5.74, 6) is -1.08. The topological polar surface area (TPSA) is 66.6 Å². The van der Waals surface area contributed by atoms with Crippen LogP contribution in [-0.2, 0) is 6.54 Å². The minimum atomic E-state index is -1.08. The molecule has 4 nitrogen and oxygen atoms in total. The van der Waals surface area contributed by atoms with Crippen molar-refractivity contribution in [3.05, 3.63) is 57.6 Å². The van der Waals surface area contributed by atoms with E-state index in [0.29, 0.717) is 28.0 Å². The van der Waals surface area contributed by atoms with Gasteiger partial charge in [-0.2, -0.15) is 0 Å². The van der Waals surface area contributed by atoms with E-state index in [1.165, 1.54) is 12.1 Å². The lowest BCUT2D eigenvalue weighted by atomic mass is 10.1. The highest BCUT2D eigenvalue weighted by Crippen LogP contribution is 2.33. The van der Waals surface area contributed by atoms with Crippen molar-refractivity contribution in [2.75, 3.05) is 17.7 Å². The van der Waals surface area contributed by atoms with E-state index >= 15 is 0 Å². The number of anilines is 2. The monoisotopic (exact) mass is 324 g/mol. The minimum Gasteiger partial charge on any atom is -0.478 e. The fourth-order valence-electron chi connectivity index (χ4n) is 2.13. The van der Waals surface area contributed by atoms with Crippen molar-refractivity contribution in [3.63, 3.8) is 0 Å². The van der Waals surface area contributed by atoms with Crippen molar-refractivity contribution in [1.29, 1.82) is 0 Å². The van der Waals surface area contributed by atoms with Crippen molar-refractivity contribution < 1.29 is 9.90 Å². The fourth-order valence-corrected chi connectivity index (χ4v) is 2.70. The van der Waals surface area contributed by atoms with Gasteiger partial charge in [0.2, 0.25) is 0 Å². The first-order valence-electron chi connectivity index (χ1n) is 6.17. The van der Waals surface area contributed by atoms with Crippen LogP contribution in [0.3, 0.4) is 0 Å². The van der Waals surface area contributed by atoms with Gasteiger partial charge in [0.15, 0.2) is 0 Å². The van der Waals surface area contributed by atoms with Crippen LogP contribution < -0.4 is 10.6 Å². The minimum absolute atomic E-state index is 0.0644. The van der Waals surface area contributed by atoms with Gasteiger partial charge in [-0.3, -0.25) is 0 Å². The maximum absolute atomic E-state index is 11.4. The molecule has 0 bridgehead atoms. The second-order valence-corrected chi connectivity index (χ2v) is 5.47. The quantitative estimate of drug-likeness (QED) is 0.837. The molecule has 0 fully saturated rings. The Morgan fingerprint density at radius 1 is 1.24 bits per heavy atom. The smallest absolute Gasteiger partial charge is 0.337 e. The molecule has 0 atom stereocenters. The molecule has 2 aromatic rings. The highest BCUT2D eigenvalue weighted by molar-refractivity contribution is 6.34. The van der Waals surface area contributed by atoms with Gasteiger partial charge in [-0.05, 0) is 23.8 Å². The van der Waals surface area contributed by atoms with Crippen LogP contribution in [0.1, 0.15) is 15.9 Å². The first kappa shape index (κ1) is 15.5. The molecule has 2 rings (SSSR count). The van der Waals surface area contributed by atoms with Crippen LogP contribution in [0.25, 0.3) is 0 Å². The van der Waals surface area contributed by atoms with Gasteiger partial charge < -0.3 is 15.7 Å². The summed E-state index contributed by atoms with van der Waals surface area (Å²) in [7, 11) is 1.76. The predicted octanol–water partition coefficient (Wildman–Crippen LogP) is 3.91. The summed E-state index contributed by atoms with van der Waals surface area (Å²) in [6.45, 7) is 0.434. The van der Waals surface area contributed by atoms with Gasteiger partial charge in [-0.25, -0.2) is 4.79 Å². The van der Waals surface area contributed by atoms with Gasteiger partial charge in [-0.1, -0.05) is 41.4 Å². The third kappa shape index (κ3) is 3.40. The number of carboxylic acid groups (broad SMARTS) is 1. The van der Waals surface area contributed by atoms with E-state index in [-0.39, 0.29) is 5.56 Å². The summed E-state index contributed by atoms with van der Waals surface area (Å²) in [6, 6.07) is 10.3. The number of carbonyl (C=O) groups is 1. The van der Waals surface area contributed by atoms with E-state index in [9.17, 15) is 9.90 Å². The Morgan fingerprint density at radius 3 is 2.52 bits per heavy atom. The molecule has 0 aliphatic rings. The van der Waals surface area contributed by atoms with E-state index in [4.69, 9.17) is 28.9 Å². The molecule has 2 aromatic carbocycles. The van der Waals surface area contributed by atoms with Crippen LogP contribution >= 0.6 is 23.2 Å². The lowest BCUT2D eigenvalue weighted by Crippen LogP contribution is -2.20. The van der Waals surface area contributed by atoms with E-state index in [0.717, 1.165) is 5.56 Å². The van der Waals surface area contributed by atoms with Crippen LogP contribution in [-0.4, -0.2) is 18.1 Å². The SMILES string of the molecule is CN(Cc1ccccc1Cl)c1c(Cl)cc(N)cc1C(=O)O. The number of nitrogens with zero attached hydrogens (tertiary/aromatic N) is 1. The number of hydrogen-bond donors (Lipinski definition) is 2. The number of rotatable bonds is 4. The number of nitrogens with two attached hydrogens (primary N) is 1. The molecular weight excluding hydrogens is 311 g/mol. The zero-order valence-electron chi connectivity index (χ0n) is 11.3. The Balaban J connectivity index is 2.42. The molecule has 6 heteroatoms. The van der Waals surface area contributed by atoms with Crippen LogP contribution in [0, 0.1) is 0 Å². The Kier molecular flexibility index (Phi) is 4.60. The van der Waals surface area contributed by atoms with Crippen molar-refractivity contribution in [2.45, 2.75) is 6.54 Å². The first-order valence-corrected chi connectivity index (χ1v) is 6.92. The Morgan fingerprint density at radius 2 is 1.90 bits per heavy atom.